The number of hydrogen-bond acceptors (Lipinski definition) is 7. The molecule has 2 aromatic heterocycles. The summed E-state index contributed by atoms with van der Waals surface area (Å²) >= 11 is 0. The van der Waals surface area contributed by atoms with Crippen molar-refractivity contribution in [3.8, 4) is 11.5 Å². The van der Waals surface area contributed by atoms with E-state index >= 15 is 0 Å². The maximum Gasteiger partial charge on any atom is 0.585 e. The Kier molecular flexibility index (Phi) is 3.55. The van der Waals surface area contributed by atoms with Gasteiger partial charge >= 0.3 is 19.1 Å². The van der Waals surface area contributed by atoms with Gasteiger partial charge in [0.2, 0.25) is 11.5 Å². The number of hydrogen-bond donors (Lipinski definition) is 1. The summed E-state index contributed by atoms with van der Waals surface area (Å²) < 4.78 is 29.5. The van der Waals surface area contributed by atoms with Gasteiger partial charge in [-0.1, -0.05) is 0 Å². The van der Waals surface area contributed by atoms with E-state index in [1.807, 2.05) is 0 Å². The molecule has 0 atom stereocenters. The van der Waals surface area contributed by atoms with E-state index in [0.717, 1.165) is 24.7 Å². The molecule has 0 aliphatic rings. The normalized spacial score (nSPS) is 11.0. The lowest BCUT2D eigenvalue weighted by Crippen LogP contribution is -2.10. The summed E-state index contributed by atoms with van der Waals surface area (Å²) in [7, 11) is -4.71. The highest BCUT2D eigenvalue weighted by atomic mass is 31.2. The van der Waals surface area contributed by atoms with Crippen LogP contribution in [0.4, 0.5) is 0 Å². The molecular weight excluding hydrogens is 279 g/mol. The standard InChI is InChI=1S/C10H7O8P/c11-9-7(3-1-5-15-9)17-19(13,14)18-8-4-2-6-16-10(8)12/h1-6H,(H,13,14). The minimum absolute atomic E-state index is 0.520. The molecule has 0 aliphatic carbocycles. The first-order valence-electron chi connectivity index (χ1n) is 4.85. The average molecular weight is 286 g/mol. The van der Waals surface area contributed by atoms with Crippen LogP contribution in [0.1, 0.15) is 0 Å². The Balaban J connectivity index is 2.23. The first-order valence-corrected chi connectivity index (χ1v) is 6.35. The van der Waals surface area contributed by atoms with Crippen molar-refractivity contribution in [2.45, 2.75) is 0 Å². The maximum absolute atomic E-state index is 11.6. The first kappa shape index (κ1) is 13.1. The molecule has 0 fully saturated rings. The quantitative estimate of drug-likeness (QED) is 0.832. The lowest BCUT2D eigenvalue weighted by molar-refractivity contribution is 0.279. The van der Waals surface area contributed by atoms with Gasteiger partial charge in [0.05, 0.1) is 12.5 Å². The fourth-order valence-electron chi connectivity index (χ4n) is 1.11. The zero-order chi connectivity index (χ0) is 13.9. The zero-order valence-corrected chi connectivity index (χ0v) is 10.1. The van der Waals surface area contributed by atoms with Crippen LogP contribution in [0.15, 0.2) is 55.2 Å². The van der Waals surface area contributed by atoms with E-state index in [1.165, 1.54) is 12.1 Å². The lowest BCUT2D eigenvalue weighted by atomic mass is 10.5. The molecule has 0 amide bonds. The molecule has 0 unspecified atom stereocenters. The summed E-state index contributed by atoms with van der Waals surface area (Å²) in [6, 6.07) is 4.80. The second-order valence-electron chi connectivity index (χ2n) is 3.18. The molecule has 100 valence electrons. The third-order valence-corrected chi connectivity index (χ3v) is 2.69. The van der Waals surface area contributed by atoms with Crippen molar-refractivity contribution in [1.29, 1.82) is 0 Å². The van der Waals surface area contributed by atoms with Crippen molar-refractivity contribution in [2.24, 2.45) is 0 Å². The third-order valence-electron chi connectivity index (χ3n) is 1.83. The van der Waals surface area contributed by atoms with Crippen molar-refractivity contribution in [3.63, 3.8) is 0 Å². The summed E-state index contributed by atoms with van der Waals surface area (Å²) in [5, 5.41) is 0. The Hall–Kier alpha value is -2.31. The van der Waals surface area contributed by atoms with Crippen LogP contribution in [0.5, 0.6) is 11.5 Å². The van der Waals surface area contributed by atoms with Gasteiger partial charge in [-0.15, -0.1) is 0 Å². The van der Waals surface area contributed by atoms with Crippen molar-refractivity contribution < 1.29 is 27.3 Å². The Labute approximate surface area is 105 Å². The van der Waals surface area contributed by atoms with E-state index in [0.29, 0.717) is 0 Å². The van der Waals surface area contributed by atoms with Crippen molar-refractivity contribution >= 4 is 7.82 Å². The van der Waals surface area contributed by atoms with Gasteiger partial charge in [0.25, 0.3) is 0 Å². The fraction of sp³-hybridized carbons (Fsp3) is 0. The molecule has 0 saturated carbocycles. The monoisotopic (exact) mass is 286 g/mol. The molecule has 8 nitrogen and oxygen atoms in total. The van der Waals surface area contributed by atoms with Crippen LogP contribution in [0.2, 0.25) is 0 Å². The Bertz CT molecular complexity index is 671. The van der Waals surface area contributed by atoms with Gasteiger partial charge in [-0.25, -0.2) is 14.2 Å². The summed E-state index contributed by atoms with van der Waals surface area (Å²) in [6.45, 7) is 0. The first-order chi connectivity index (χ1) is 8.98. The maximum atomic E-state index is 11.6. The van der Waals surface area contributed by atoms with Crippen LogP contribution in [0.3, 0.4) is 0 Å². The fourth-order valence-corrected chi connectivity index (χ4v) is 1.92. The van der Waals surface area contributed by atoms with Gasteiger partial charge in [-0.2, -0.15) is 0 Å². The zero-order valence-electron chi connectivity index (χ0n) is 9.22. The average Bonchev–Trinajstić information content (AvgIpc) is 2.35. The molecule has 0 saturated heterocycles. The van der Waals surface area contributed by atoms with Crippen molar-refractivity contribution in [3.05, 3.63) is 57.6 Å². The van der Waals surface area contributed by atoms with Gasteiger partial charge in [0, 0.05) is 0 Å². The molecule has 0 aliphatic heterocycles. The largest absolute Gasteiger partial charge is 0.585 e. The molecule has 2 aromatic rings. The highest BCUT2D eigenvalue weighted by molar-refractivity contribution is 7.48. The second-order valence-corrected chi connectivity index (χ2v) is 4.48. The van der Waals surface area contributed by atoms with Crippen LogP contribution in [-0.2, 0) is 4.57 Å². The minimum atomic E-state index is -4.71. The van der Waals surface area contributed by atoms with Crippen LogP contribution in [0.25, 0.3) is 0 Å². The van der Waals surface area contributed by atoms with E-state index in [-0.39, 0.29) is 0 Å². The molecule has 0 spiro atoms. The molecule has 9 heteroatoms. The van der Waals surface area contributed by atoms with E-state index in [2.05, 4.69) is 17.9 Å². The highest BCUT2D eigenvalue weighted by Crippen LogP contribution is 2.42. The van der Waals surface area contributed by atoms with Crippen molar-refractivity contribution in [1.82, 2.24) is 0 Å². The van der Waals surface area contributed by atoms with E-state index < -0.39 is 30.6 Å². The number of phosphoric ester groups is 1. The van der Waals surface area contributed by atoms with Crippen molar-refractivity contribution in [2.75, 3.05) is 0 Å². The molecule has 2 rings (SSSR count). The predicted octanol–water partition coefficient (Wildman–Crippen LogP) is 1.15. The predicted molar refractivity (Wildman–Crippen MR) is 61.0 cm³/mol. The molecule has 19 heavy (non-hydrogen) atoms. The number of phosphoric acid groups is 1. The lowest BCUT2D eigenvalue weighted by Gasteiger charge is -2.11. The van der Waals surface area contributed by atoms with Crippen LogP contribution in [0, 0.1) is 0 Å². The highest BCUT2D eigenvalue weighted by Gasteiger charge is 2.28. The molecule has 2 heterocycles. The summed E-state index contributed by atoms with van der Waals surface area (Å²) in [4.78, 5) is 31.7. The van der Waals surface area contributed by atoms with Crippen LogP contribution < -0.4 is 20.3 Å². The smallest absolute Gasteiger partial charge is 0.429 e. The molecule has 0 radical (unpaired) electrons. The van der Waals surface area contributed by atoms with Gasteiger partial charge in [-0.05, 0) is 24.3 Å². The Morgan fingerprint density at radius 3 is 1.74 bits per heavy atom. The molecular formula is C10H7O8P. The summed E-state index contributed by atoms with van der Waals surface area (Å²) in [5.41, 5.74) is -1.92. The molecule has 1 N–H and O–H groups in total. The summed E-state index contributed by atoms with van der Waals surface area (Å²) in [6.07, 6.45) is 2.15. The summed E-state index contributed by atoms with van der Waals surface area (Å²) in [5.74, 6) is -1.04. The van der Waals surface area contributed by atoms with Gasteiger partial charge in [0.15, 0.2) is 0 Å². The molecule has 0 bridgehead atoms. The topological polar surface area (TPSA) is 116 Å². The second kappa shape index (κ2) is 5.13. The molecule has 0 aromatic carbocycles. The van der Waals surface area contributed by atoms with Crippen LogP contribution >= 0.6 is 7.82 Å². The third kappa shape index (κ3) is 3.34. The van der Waals surface area contributed by atoms with Crippen LogP contribution in [-0.4, -0.2) is 4.89 Å². The van der Waals surface area contributed by atoms with Gasteiger partial charge in [0.1, 0.15) is 0 Å². The number of rotatable bonds is 4. The van der Waals surface area contributed by atoms with Gasteiger partial charge in [-0.3, -0.25) is 4.89 Å². The van der Waals surface area contributed by atoms with E-state index in [4.69, 9.17) is 0 Å². The Morgan fingerprint density at radius 1 is 0.947 bits per heavy atom. The minimum Gasteiger partial charge on any atom is -0.429 e. The van der Waals surface area contributed by atoms with E-state index in [9.17, 15) is 19.0 Å². The SMILES string of the molecule is O=c1occcc1OP(=O)(O)Oc1cccoc1=O. The van der Waals surface area contributed by atoms with Gasteiger partial charge < -0.3 is 17.9 Å². The van der Waals surface area contributed by atoms with E-state index in [1.54, 1.807) is 0 Å². The Morgan fingerprint density at radius 2 is 1.37 bits per heavy atom.